The smallest absolute Gasteiger partial charge is 0.257 e. The van der Waals surface area contributed by atoms with E-state index < -0.39 is 10.0 Å². The number of hydrogen-bond acceptors (Lipinski definition) is 4. The minimum atomic E-state index is -3.57. The molecule has 0 aliphatic carbocycles. The van der Waals surface area contributed by atoms with Gasteiger partial charge in [-0.2, -0.15) is 5.26 Å². The number of H-pyrrole nitrogens is 1. The van der Waals surface area contributed by atoms with E-state index in [-0.39, 0.29) is 17.5 Å². The van der Waals surface area contributed by atoms with Crippen LogP contribution in [0, 0.1) is 17.2 Å². The fourth-order valence-electron chi connectivity index (χ4n) is 1.02. The molecule has 0 amide bonds. The lowest BCUT2D eigenvalue weighted by molar-refractivity contribution is 0.569. The van der Waals surface area contributed by atoms with Crippen molar-refractivity contribution < 1.29 is 8.42 Å². The summed E-state index contributed by atoms with van der Waals surface area (Å²) in [7, 11) is -3.57. The summed E-state index contributed by atoms with van der Waals surface area (Å²) in [5, 5.41) is 8.58. The van der Waals surface area contributed by atoms with Crippen LogP contribution in [0.2, 0.25) is 0 Å². The van der Waals surface area contributed by atoms with Gasteiger partial charge in [-0.15, -0.1) is 0 Å². The molecular formula is C9H14N4O2S. The Balaban J connectivity index is 2.75. The number of nitriles is 1. The van der Waals surface area contributed by atoms with E-state index in [0.717, 1.165) is 0 Å². The molecule has 0 bridgehead atoms. The van der Waals surface area contributed by atoms with E-state index in [4.69, 9.17) is 5.26 Å². The fraction of sp³-hybridized carbons (Fsp3) is 0.556. The second-order valence-electron chi connectivity index (χ2n) is 3.43. The third-order valence-electron chi connectivity index (χ3n) is 2.03. The van der Waals surface area contributed by atoms with Crippen LogP contribution in [0.4, 0.5) is 0 Å². The van der Waals surface area contributed by atoms with Crippen LogP contribution in [-0.2, 0) is 16.4 Å². The van der Waals surface area contributed by atoms with Gasteiger partial charge in [0.15, 0.2) is 5.03 Å². The number of rotatable bonds is 5. The molecule has 1 aromatic heterocycles. The Labute approximate surface area is 94.8 Å². The SMILES string of the molecule is CCc1ncc(S(=O)(=O)NCC(C)C#N)[nH]1. The minimum Gasteiger partial charge on any atom is -0.332 e. The van der Waals surface area contributed by atoms with E-state index in [0.29, 0.717) is 12.2 Å². The molecule has 0 saturated carbocycles. The number of imidazole rings is 1. The monoisotopic (exact) mass is 242 g/mol. The molecule has 0 fully saturated rings. The second-order valence-corrected chi connectivity index (χ2v) is 5.17. The largest absolute Gasteiger partial charge is 0.332 e. The Morgan fingerprint density at radius 1 is 1.69 bits per heavy atom. The van der Waals surface area contributed by atoms with Crippen molar-refractivity contribution in [2.24, 2.45) is 5.92 Å². The highest BCUT2D eigenvalue weighted by Gasteiger charge is 2.17. The number of nitrogens with one attached hydrogen (secondary N) is 2. The third-order valence-corrected chi connectivity index (χ3v) is 3.36. The van der Waals surface area contributed by atoms with Crippen molar-refractivity contribution in [3.8, 4) is 6.07 Å². The predicted octanol–water partition coefficient (Wildman–Crippen LogP) is 0.410. The van der Waals surface area contributed by atoms with Crippen molar-refractivity contribution in [1.29, 1.82) is 5.26 Å². The maximum Gasteiger partial charge on any atom is 0.257 e. The summed E-state index contributed by atoms with van der Waals surface area (Å²) in [5.41, 5.74) is 0. The van der Waals surface area contributed by atoms with E-state index in [1.54, 1.807) is 6.92 Å². The number of aryl methyl sites for hydroxylation is 1. The molecule has 0 radical (unpaired) electrons. The molecule has 0 saturated heterocycles. The summed E-state index contributed by atoms with van der Waals surface area (Å²) < 4.78 is 25.7. The molecule has 7 heteroatoms. The molecule has 16 heavy (non-hydrogen) atoms. The Kier molecular flexibility index (Phi) is 4.04. The zero-order valence-corrected chi connectivity index (χ0v) is 10.0. The quantitative estimate of drug-likeness (QED) is 0.781. The molecule has 0 spiro atoms. The molecule has 2 N–H and O–H groups in total. The summed E-state index contributed by atoms with van der Waals surface area (Å²) in [6.45, 7) is 3.62. The molecule has 0 aliphatic rings. The van der Waals surface area contributed by atoms with Gasteiger partial charge in [0.25, 0.3) is 10.0 Å². The van der Waals surface area contributed by atoms with Gasteiger partial charge < -0.3 is 4.98 Å². The minimum absolute atomic E-state index is 0.0366. The van der Waals surface area contributed by atoms with Crippen molar-refractivity contribution in [2.45, 2.75) is 25.3 Å². The lowest BCUT2D eigenvalue weighted by Crippen LogP contribution is -2.28. The lowest BCUT2D eigenvalue weighted by atomic mass is 10.2. The number of sulfonamides is 1. The molecular weight excluding hydrogens is 228 g/mol. The van der Waals surface area contributed by atoms with Crippen LogP contribution in [-0.4, -0.2) is 24.9 Å². The average Bonchev–Trinajstić information content (AvgIpc) is 2.75. The van der Waals surface area contributed by atoms with Gasteiger partial charge in [0, 0.05) is 13.0 Å². The van der Waals surface area contributed by atoms with Crippen LogP contribution >= 0.6 is 0 Å². The van der Waals surface area contributed by atoms with Crippen molar-refractivity contribution >= 4 is 10.0 Å². The summed E-state index contributed by atoms with van der Waals surface area (Å²) in [6, 6.07) is 1.95. The number of hydrogen-bond donors (Lipinski definition) is 2. The van der Waals surface area contributed by atoms with Gasteiger partial charge >= 0.3 is 0 Å². The fourth-order valence-corrected chi connectivity index (χ4v) is 2.09. The molecule has 1 rings (SSSR count). The molecule has 0 aromatic carbocycles. The maximum atomic E-state index is 11.7. The van der Waals surface area contributed by atoms with E-state index in [1.807, 2.05) is 13.0 Å². The normalized spacial score (nSPS) is 13.3. The molecule has 88 valence electrons. The van der Waals surface area contributed by atoms with Crippen LogP contribution in [0.1, 0.15) is 19.7 Å². The molecule has 1 atom stereocenters. The highest BCUT2D eigenvalue weighted by molar-refractivity contribution is 7.89. The average molecular weight is 242 g/mol. The Bertz CT molecular complexity index is 486. The molecule has 0 aliphatic heterocycles. The first-order valence-electron chi connectivity index (χ1n) is 4.92. The Morgan fingerprint density at radius 2 is 2.38 bits per heavy atom. The van der Waals surface area contributed by atoms with Gasteiger partial charge in [-0.25, -0.2) is 18.1 Å². The van der Waals surface area contributed by atoms with Crippen LogP contribution in [0.3, 0.4) is 0 Å². The van der Waals surface area contributed by atoms with Gasteiger partial charge in [-0.1, -0.05) is 6.92 Å². The van der Waals surface area contributed by atoms with Crippen molar-refractivity contribution in [3.05, 3.63) is 12.0 Å². The zero-order valence-electron chi connectivity index (χ0n) is 9.19. The number of nitrogens with zero attached hydrogens (tertiary/aromatic N) is 2. The molecule has 1 heterocycles. The van der Waals surface area contributed by atoms with Crippen LogP contribution in [0.5, 0.6) is 0 Å². The van der Waals surface area contributed by atoms with Gasteiger partial charge in [0.2, 0.25) is 0 Å². The van der Waals surface area contributed by atoms with Crippen LogP contribution in [0.25, 0.3) is 0 Å². The van der Waals surface area contributed by atoms with E-state index >= 15 is 0 Å². The summed E-state index contributed by atoms with van der Waals surface area (Å²) in [4.78, 5) is 6.61. The zero-order chi connectivity index (χ0) is 12.2. The first-order valence-corrected chi connectivity index (χ1v) is 6.41. The topological polar surface area (TPSA) is 98.6 Å². The highest BCUT2D eigenvalue weighted by Crippen LogP contribution is 2.06. The van der Waals surface area contributed by atoms with Gasteiger partial charge in [0.1, 0.15) is 5.82 Å². The lowest BCUT2D eigenvalue weighted by Gasteiger charge is -2.05. The first kappa shape index (κ1) is 12.7. The van der Waals surface area contributed by atoms with E-state index in [9.17, 15) is 8.42 Å². The summed E-state index contributed by atoms with van der Waals surface area (Å²) in [6.07, 6.45) is 1.92. The molecule has 1 unspecified atom stereocenters. The van der Waals surface area contributed by atoms with Gasteiger partial charge in [0.05, 0.1) is 18.2 Å². The third kappa shape index (κ3) is 3.05. The van der Waals surface area contributed by atoms with E-state index in [2.05, 4.69) is 14.7 Å². The van der Waals surface area contributed by atoms with Crippen molar-refractivity contribution in [2.75, 3.05) is 6.54 Å². The second kappa shape index (κ2) is 5.09. The summed E-state index contributed by atoms with van der Waals surface area (Å²) in [5.74, 6) is 0.261. The molecule has 6 nitrogen and oxygen atoms in total. The number of aromatic nitrogens is 2. The van der Waals surface area contributed by atoms with Crippen molar-refractivity contribution in [3.63, 3.8) is 0 Å². The van der Waals surface area contributed by atoms with E-state index in [1.165, 1.54) is 6.20 Å². The first-order chi connectivity index (χ1) is 7.49. The van der Waals surface area contributed by atoms with Crippen molar-refractivity contribution in [1.82, 2.24) is 14.7 Å². The predicted molar refractivity (Wildman–Crippen MR) is 57.9 cm³/mol. The van der Waals surface area contributed by atoms with Crippen LogP contribution in [0.15, 0.2) is 11.2 Å². The summed E-state index contributed by atoms with van der Waals surface area (Å²) >= 11 is 0. The Morgan fingerprint density at radius 3 is 2.88 bits per heavy atom. The Hall–Kier alpha value is -1.39. The number of aromatic amines is 1. The molecule has 1 aromatic rings. The van der Waals surface area contributed by atoms with Gasteiger partial charge in [-0.3, -0.25) is 0 Å². The maximum absolute atomic E-state index is 11.7. The highest BCUT2D eigenvalue weighted by atomic mass is 32.2. The van der Waals surface area contributed by atoms with Crippen LogP contribution < -0.4 is 4.72 Å². The van der Waals surface area contributed by atoms with Gasteiger partial charge in [-0.05, 0) is 6.92 Å². The standard InChI is InChI=1S/C9H14N4O2S/c1-3-8-11-6-9(13-8)16(14,15)12-5-7(2)4-10/h6-7,12H,3,5H2,1-2H3,(H,11,13).